The Balaban J connectivity index is 1.33. The fraction of sp³-hybridized carbons (Fsp3) is 0.348. The van der Waals surface area contributed by atoms with Gasteiger partial charge in [-0.25, -0.2) is 13.6 Å². The van der Waals surface area contributed by atoms with Gasteiger partial charge in [-0.05, 0) is 49.4 Å². The molecule has 0 aliphatic carbocycles. The molecular weight excluding hydrogens is 418 g/mol. The van der Waals surface area contributed by atoms with Gasteiger partial charge >= 0.3 is 5.69 Å². The maximum Gasteiger partial charge on any atom is 0.352 e. The van der Waals surface area contributed by atoms with E-state index in [1.54, 1.807) is 23.6 Å². The highest BCUT2D eigenvalue weighted by Crippen LogP contribution is 2.31. The van der Waals surface area contributed by atoms with Crippen LogP contribution in [0, 0.1) is 24.5 Å². The smallest absolute Gasteiger partial charge is 0.352 e. The summed E-state index contributed by atoms with van der Waals surface area (Å²) in [6.45, 7) is 4.07. The lowest BCUT2D eigenvalue weighted by molar-refractivity contribution is 0.281. The Labute approximate surface area is 183 Å². The minimum atomic E-state index is -0.851. The molecule has 3 aromatic rings. The Morgan fingerprint density at radius 2 is 1.97 bits per heavy atom. The highest BCUT2D eigenvalue weighted by Gasteiger charge is 2.29. The van der Waals surface area contributed by atoms with Gasteiger partial charge < -0.3 is 14.4 Å². The van der Waals surface area contributed by atoms with E-state index in [2.05, 4.69) is 14.9 Å². The number of benzene rings is 1. The number of fused-ring (bicyclic) bond motifs is 4. The number of aryl methyl sites for hydroxylation is 1. The van der Waals surface area contributed by atoms with E-state index in [-0.39, 0.29) is 29.5 Å². The first-order chi connectivity index (χ1) is 15.5. The number of hydrogen-bond donors (Lipinski definition) is 0. The Hall–Kier alpha value is -3.49. The standard InChI is InChI=1S/C23H22F2N4O3/c1-14-7-17(4-5-26-14)32-22-18(24)8-16(9-19(22)25)13-31-20-10-21-28-6-2-3-15(11-28)12-29(21)23(30)27-20/h4-5,7-10,15H,2-3,6,11-13H2,1H3. The van der Waals surface area contributed by atoms with Crippen LogP contribution in [0.2, 0.25) is 0 Å². The Morgan fingerprint density at radius 1 is 1.16 bits per heavy atom. The molecule has 4 heterocycles. The third kappa shape index (κ3) is 4.02. The van der Waals surface area contributed by atoms with E-state index in [4.69, 9.17) is 9.47 Å². The topological polar surface area (TPSA) is 69.5 Å². The molecule has 2 aromatic heterocycles. The number of halogens is 2. The van der Waals surface area contributed by atoms with Crippen LogP contribution in [0.1, 0.15) is 24.1 Å². The predicted molar refractivity (Wildman–Crippen MR) is 113 cm³/mol. The second-order valence-electron chi connectivity index (χ2n) is 8.21. The summed E-state index contributed by atoms with van der Waals surface area (Å²) in [4.78, 5) is 22.7. The van der Waals surface area contributed by atoms with Crippen molar-refractivity contribution in [1.29, 1.82) is 0 Å². The summed E-state index contributed by atoms with van der Waals surface area (Å²) >= 11 is 0. The van der Waals surface area contributed by atoms with Crippen LogP contribution in [0.25, 0.3) is 0 Å². The van der Waals surface area contributed by atoms with Crippen LogP contribution in [0.15, 0.2) is 41.3 Å². The largest absolute Gasteiger partial charge is 0.473 e. The van der Waals surface area contributed by atoms with E-state index in [1.165, 1.54) is 12.3 Å². The maximum absolute atomic E-state index is 14.5. The summed E-state index contributed by atoms with van der Waals surface area (Å²) < 4.78 is 41.7. The van der Waals surface area contributed by atoms with Crippen molar-refractivity contribution in [3.8, 4) is 17.4 Å². The SMILES string of the molecule is Cc1cc(Oc2c(F)cc(COc3cc4n(c(=O)n3)CC3CCCN4C3)cc2F)ccn1. The fourth-order valence-electron chi connectivity index (χ4n) is 4.31. The molecular formula is C23H22F2N4O3. The molecule has 0 spiro atoms. The average molecular weight is 440 g/mol. The molecule has 9 heteroatoms. The van der Waals surface area contributed by atoms with E-state index in [1.807, 2.05) is 0 Å². The molecule has 0 amide bonds. The molecule has 1 fully saturated rings. The second kappa shape index (κ2) is 8.22. The molecule has 2 bridgehead atoms. The number of piperidine rings is 1. The van der Waals surface area contributed by atoms with E-state index < -0.39 is 17.4 Å². The first kappa shape index (κ1) is 20.4. The average Bonchev–Trinajstić information content (AvgIpc) is 2.76. The number of aromatic nitrogens is 3. The summed E-state index contributed by atoms with van der Waals surface area (Å²) in [5, 5.41) is 0. The molecule has 5 rings (SSSR count). The molecule has 1 aromatic carbocycles. The zero-order valence-electron chi connectivity index (χ0n) is 17.6. The number of anilines is 1. The lowest BCUT2D eigenvalue weighted by Gasteiger charge is -2.40. The molecule has 32 heavy (non-hydrogen) atoms. The summed E-state index contributed by atoms with van der Waals surface area (Å²) in [5.41, 5.74) is 0.556. The van der Waals surface area contributed by atoms with Gasteiger partial charge in [0.15, 0.2) is 17.4 Å². The Bertz CT molecular complexity index is 1210. The van der Waals surface area contributed by atoms with Crippen LogP contribution >= 0.6 is 0 Å². The molecule has 1 unspecified atom stereocenters. The lowest BCUT2D eigenvalue weighted by Crippen LogP contribution is -2.46. The normalized spacial score (nSPS) is 17.1. The van der Waals surface area contributed by atoms with Crippen molar-refractivity contribution >= 4 is 5.82 Å². The number of pyridine rings is 1. The minimum absolute atomic E-state index is 0.138. The number of hydrogen-bond acceptors (Lipinski definition) is 6. The molecule has 0 saturated carbocycles. The van der Waals surface area contributed by atoms with Gasteiger partial charge in [0, 0.05) is 43.7 Å². The molecule has 0 N–H and O–H groups in total. The van der Waals surface area contributed by atoms with Gasteiger partial charge in [0.25, 0.3) is 0 Å². The number of nitrogens with zero attached hydrogens (tertiary/aromatic N) is 4. The van der Waals surface area contributed by atoms with Gasteiger partial charge in [-0.15, -0.1) is 0 Å². The van der Waals surface area contributed by atoms with Crippen molar-refractivity contribution in [2.24, 2.45) is 5.92 Å². The first-order valence-corrected chi connectivity index (χ1v) is 10.5. The third-order valence-corrected chi connectivity index (χ3v) is 5.78. The summed E-state index contributed by atoms with van der Waals surface area (Å²) in [6.07, 6.45) is 3.70. The maximum atomic E-state index is 14.5. The Kier molecular flexibility index (Phi) is 5.24. The van der Waals surface area contributed by atoms with E-state index in [9.17, 15) is 13.6 Å². The Morgan fingerprint density at radius 3 is 2.75 bits per heavy atom. The van der Waals surface area contributed by atoms with Gasteiger partial charge in [-0.2, -0.15) is 4.98 Å². The highest BCUT2D eigenvalue weighted by atomic mass is 19.1. The van der Waals surface area contributed by atoms with Crippen LogP contribution in [0.3, 0.4) is 0 Å². The van der Waals surface area contributed by atoms with Crippen molar-refractivity contribution in [3.05, 3.63) is 69.9 Å². The predicted octanol–water partition coefficient (Wildman–Crippen LogP) is 3.83. The van der Waals surface area contributed by atoms with Crippen LogP contribution in [-0.4, -0.2) is 27.6 Å². The van der Waals surface area contributed by atoms with Crippen molar-refractivity contribution in [2.75, 3.05) is 18.0 Å². The van der Waals surface area contributed by atoms with E-state index in [0.29, 0.717) is 18.2 Å². The van der Waals surface area contributed by atoms with Crippen LogP contribution in [0.4, 0.5) is 14.6 Å². The summed E-state index contributed by atoms with van der Waals surface area (Å²) in [6, 6.07) is 7.12. The van der Waals surface area contributed by atoms with Gasteiger partial charge in [-0.3, -0.25) is 9.55 Å². The molecule has 1 atom stereocenters. The third-order valence-electron chi connectivity index (χ3n) is 5.78. The molecule has 166 valence electrons. The van der Waals surface area contributed by atoms with Gasteiger partial charge in [0.05, 0.1) is 0 Å². The van der Waals surface area contributed by atoms with Crippen LogP contribution < -0.4 is 20.1 Å². The summed E-state index contributed by atoms with van der Waals surface area (Å²) in [5.74, 6) is -0.525. The molecule has 7 nitrogen and oxygen atoms in total. The van der Waals surface area contributed by atoms with Gasteiger partial charge in [-0.1, -0.05) is 0 Å². The molecule has 2 aliphatic heterocycles. The number of rotatable bonds is 5. The first-order valence-electron chi connectivity index (χ1n) is 10.5. The van der Waals surface area contributed by atoms with E-state index in [0.717, 1.165) is 43.9 Å². The van der Waals surface area contributed by atoms with E-state index >= 15 is 0 Å². The zero-order valence-corrected chi connectivity index (χ0v) is 17.6. The van der Waals surface area contributed by atoms with Crippen molar-refractivity contribution in [3.63, 3.8) is 0 Å². The van der Waals surface area contributed by atoms with Crippen molar-refractivity contribution < 1.29 is 18.3 Å². The number of ether oxygens (including phenoxy) is 2. The quantitative estimate of drug-likeness (QED) is 0.601. The fourth-order valence-corrected chi connectivity index (χ4v) is 4.31. The molecule has 1 saturated heterocycles. The molecule has 2 aliphatic rings. The second-order valence-corrected chi connectivity index (χ2v) is 8.21. The summed E-state index contributed by atoms with van der Waals surface area (Å²) in [7, 11) is 0. The van der Waals surface area contributed by atoms with Crippen LogP contribution in [0.5, 0.6) is 17.4 Å². The minimum Gasteiger partial charge on any atom is -0.473 e. The van der Waals surface area contributed by atoms with Crippen molar-refractivity contribution in [2.45, 2.75) is 32.9 Å². The van der Waals surface area contributed by atoms with Gasteiger partial charge in [0.2, 0.25) is 5.88 Å². The monoisotopic (exact) mass is 440 g/mol. The van der Waals surface area contributed by atoms with Crippen LogP contribution in [-0.2, 0) is 13.2 Å². The van der Waals surface area contributed by atoms with Crippen molar-refractivity contribution in [1.82, 2.24) is 14.5 Å². The highest BCUT2D eigenvalue weighted by molar-refractivity contribution is 5.44. The van der Waals surface area contributed by atoms with Gasteiger partial charge in [0.1, 0.15) is 18.2 Å². The zero-order chi connectivity index (χ0) is 22.2. The molecule has 0 radical (unpaired) electrons. The lowest BCUT2D eigenvalue weighted by atomic mass is 9.96.